The molecule has 0 aliphatic carbocycles. The number of amides is 1. The number of aryl methyl sites for hydroxylation is 1. The fourth-order valence-electron chi connectivity index (χ4n) is 3.80. The summed E-state index contributed by atoms with van der Waals surface area (Å²) in [6.45, 7) is 2.18. The molecule has 1 fully saturated rings. The number of likely N-dealkylation sites (tertiary alicyclic amines) is 1. The van der Waals surface area contributed by atoms with Crippen molar-refractivity contribution in [2.24, 2.45) is 0 Å². The maximum atomic E-state index is 13.0. The van der Waals surface area contributed by atoms with E-state index in [9.17, 15) is 14.7 Å². The van der Waals surface area contributed by atoms with Gasteiger partial charge in [0, 0.05) is 5.56 Å². The van der Waals surface area contributed by atoms with Crippen molar-refractivity contribution in [1.82, 2.24) is 4.90 Å². The highest BCUT2D eigenvalue weighted by molar-refractivity contribution is 6.46. The average molecular weight is 417 g/mol. The zero-order valence-electron chi connectivity index (χ0n) is 17.4. The van der Waals surface area contributed by atoms with Gasteiger partial charge in [0.1, 0.15) is 17.3 Å². The summed E-state index contributed by atoms with van der Waals surface area (Å²) in [5.74, 6) is -0.420. The predicted molar refractivity (Wildman–Crippen MR) is 115 cm³/mol. The van der Waals surface area contributed by atoms with Crippen LogP contribution in [0.5, 0.6) is 5.75 Å². The maximum absolute atomic E-state index is 13.0. The highest BCUT2D eigenvalue weighted by atomic mass is 16.5. The van der Waals surface area contributed by atoms with Gasteiger partial charge < -0.3 is 19.2 Å². The first-order valence-electron chi connectivity index (χ1n) is 10.1. The molecular weight excluding hydrogens is 394 g/mol. The molecule has 1 N–H and O–H groups in total. The largest absolute Gasteiger partial charge is 0.507 e. The number of rotatable bonds is 6. The topological polar surface area (TPSA) is 80.0 Å². The standard InChI is InChI=1S/C25H23NO5/c1-3-16-6-8-17(9-7-16)22-21(23(27)18-10-12-19(30-2)13-11-18)24(28)25(29)26(22)15-20-5-4-14-31-20/h4-14,22,27H,3,15H2,1-2H3/b23-21+. The summed E-state index contributed by atoms with van der Waals surface area (Å²) < 4.78 is 10.6. The van der Waals surface area contributed by atoms with Gasteiger partial charge in [0.2, 0.25) is 0 Å². The monoisotopic (exact) mass is 417 g/mol. The minimum absolute atomic E-state index is 0.0611. The lowest BCUT2D eigenvalue weighted by Gasteiger charge is -2.24. The summed E-state index contributed by atoms with van der Waals surface area (Å²) >= 11 is 0. The van der Waals surface area contributed by atoms with Crippen molar-refractivity contribution in [3.8, 4) is 5.75 Å². The first kappa shape index (κ1) is 20.5. The molecule has 6 heteroatoms. The van der Waals surface area contributed by atoms with E-state index in [2.05, 4.69) is 6.92 Å². The second kappa shape index (κ2) is 8.52. The summed E-state index contributed by atoms with van der Waals surface area (Å²) in [6, 6.07) is 17.2. The second-order valence-electron chi connectivity index (χ2n) is 7.33. The maximum Gasteiger partial charge on any atom is 0.296 e. The van der Waals surface area contributed by atoms with E-state index in [4.69, 9.17) is 9.15 Å². The molecule has 6 nitrogen and oxygen atoms in total. The van der Waals surface area contributed by atoms with Gasteiger partial charge in [-0.3, -0.25) is 9.59 Å². The molecule has 1 unspecified atom stereocenters. The molecular formula is C25H23NO5. The van der Waals surface area contributed by atoms with Gasteiger partial charge in [-0.05, 0) is 53.9 Å². The molecule has 1 aliphatic rings. The van der Waals surface area contributed by atoms with E-state index in [1.54, 1.807) is 43.5 Å². The molecule has 1 atom stereocenters. The Balaban J connectivity index is 1.83. The van der Waals surface area contributed by atoms with Crippen molar-refractivity contribution in [2.45, 2.75) is 25.9 Å². The molecule has 2 heterocycles. The van der Waals surface area contributed by atoms with Crippen LogP contribution < -0.4 is 4.74 Å². The van der Waals surface area contributed by atoms with Crippen LogP contribution >= 0.6 is 0 Å². The van der Waals surface area contributed by atoms with Gasteiger partial charge in [0.05, 0.1) is 31.5 Å². The van der Waals surface area contributed by atoms with Crippen LogP contribution in [0.15, 0.2) is 76.9 Å². The number of aliphatic hydroxyl groups excluding tert-OH is 1. The first-order chi connectivity index (χ1) is 15.0. The number of nitrogens with zero attached hydrogens (tertiary/aromatic N) is 1. The first-order valence-corrected chi connectivity index (χ1v) is 10.1. The summed E-state index contributed by atoms with van der Waals surface area (Å²) in [7, 11) is 1.55. The fourth-order valence-corrected chi connectivity index (χ4v) is 3.80. The Labute approximate surface area is 180 Å². The van der Waals surface area contributed by atoms with E-state index in [1.165, 1.54) is 11.2 Å². The lowest BCUT2D eigenvalue weighted by atomic mass is 9.94. The molecule has 0 radical (unpaired) electrons. The summed E-state index contributed by atoms with van der Waals surface area (Å²) in [5, 5.41) is 11.1. The average Bonchev–Trinajstić information content (AvgIpc) is 3.41. The molecule has 0 spiro atoms. The quantitative estimate of drug-likeness (QED) is 0.364. The van der Waals surface area contributed by atoms with Gasteiger partial charge in [-0.1, -0.05) is 31.2 Å². The fraction of sp³-hybridized carbons (Fsp3) is 0.200. The van der Waals surface area contributed by atoms with Crippen LogP contribution in [-0.2, 0) is 22.6 Å². The Bertz CT molecular complexity index is 1110. The van der Waals surface area contributed by atoms with Gasteiger partial charge in [-0.25, -0.2) is 0 Å². The van der Waals surface area contributed by atoms with Gasteiger partial charge in [-0.15, -0.1) is 0 Å². The molecule has 1 aliphatic heterocycles. The minimum atomic E-state index is -0.724. The number of aliphatic hydroxyl groups is 1. The third kappa shape index (κ3) is 3.84. The van der Waals surface area contributed by atoms with Gasteiger partial charge >= 0.3 is 0 Å². The SMILES string of the molecule is CCc1ccc(C2/C(=C(\O)c3ccc(OC)cc3)C(=O)C(=O)N2Cc2ccco2)cc1. The van der Waals surface area contributed by atoms with E-state index in [0.717, 1.165) is 17.5 Å². The van der Waals surface area contributed by atoms with Gasteiger partial charge in [-0.2, -0.15) is 0 Å². The Hall–Kier alpha value is -3.80. The zero-order valence-corrected chi connectivity index (χ0v) is 17.4. The van der Waals surface area contributed by atoms with Gasteiger partial charge in [0.25, 0.3) is 11.7 Å². The number of ketones is 1. The van der Waals surface area contributed by atoms with Crippen molar-refractivity contribution >= 4 is 17.4 Å². The second-order valence-corrected chi connectivity index (χ2v) is 7.33. The Morgan fingerprint density at radius 2 is 1.77 bits per heavy atom. The van der Waals surface area contributed by atoms with E-state index in [-0.39, 0.29) is 17.9 Å². The number of carbonyl (C=O) groups excluding carboxylic acids is 2. The van der Waals surface area contributed by atoms with E-state index in [0.29, 0.717) is 17.1 Å². The third-order valence-corrected chi connectivity index (χ3v) is 5.51. The molecule has 0 bridgehead atoms. The molecule has 3 aromatic rings. The van der Waals surface area contributed by atoms with Crippen molar-refractivity contribution in [2.75, 3.05) is 7.11 Å². The van der Waals surface area contributed by atoms with Crippen LogP contribution in [0, 0.1) is 0 Å². The van der Waals surface area contributed by atoms with Crippen molar-refractivity contribution in [3.05, 3.63) is 95.0 Å². The highest BCUT2D eigenvalue weighted by Crippen LogP contribution is 2.40. The Morgan fingerprint density at radius 1 is 1.06 bits per heavy atom. The molecule has 31 heavy (non-hydrogen) atoms. The molecule has 1 saturated heterocycles. The highest BCUT2D eigenvalue weighted by Gasteiger charge is 2.46. The normalized spacial score (nSPS) is 17.9. The van der Waals surface area contributed by atoms with E-state index >= 15 is 0 Å². The Morgan fingerprint density at radius 3 is 2.35 bits per heavy atom. The van der Waals surface area contributed by atoms with E-state index in [1.807, 2.05) is 24.3 Å². The summed E-state index contributed by atoms with van der Waals surface area (Å²) in [4.78, 5) is 27.4. The number of Topliss-reactive ketones (excluding diaryl/α,β-unsaturated/α-hetero) is 1. The molecule has 2 aromatic carbocycles. The predicted octanol–water partition coefficient (Wildman–Crippen LogP) is 4.47. The van der Waals surface area contributed by atoms with E-state index < -0.39 is 17.7 Å². The number of furan rings is 1. The lowest BCUT2D eigenvalue weighted by Crippen LogP contribution is -2.29. The van der Waals surface area contributed by atoms with Crippen molar-refractivity contribution < 1.29 is 23.8 Å². The van der Waals surface area contributed by atoms with Crippen LogP contribution in [-0.4, -0.2) is 28.8 Å². The smallest absolute Gasteiger partial charge is 0.296 e. The summed E-state index contributed by atoms with van der Waals surface area (Å²) in [5.41, 5.74) is 2.39. The number of carbonyl (C=O) groups is 2. The van der Waals surface area contributed by atoms with Crippen LogP contribution in [0.25, 0.3) is 5.76 Å². The zero-order chi connectivity index (χ0) is 22.0. The van der Waals surface area contributed by atoms with Gasteiger partial charge in [0.15, 0.2) is 0 Å². The third-order valence-electron chi connectivity index (χ3n) is 5.51. The van der Waals surface area contributed by atoms with Crippen molar-refractivity contribution in [1.29, 1.82) is 0 Å². The van der Waals surface area contributed by atoms with Crippen LogP contribution in [0.4, 0.5) is 0 Å². The molecule has 0 saturated carbocycles. The molecule has 4 rings (SSSR count). The Kier molecular flexibility index (Phi) is 5.62. The molecule has 1 aromatic heterocycles. The molecule has 158 valence electrons. The number of ether oxygens (including phenoxy) is 1. The minimum Gasteiger partial charge on any atom is -0.507 e. The number of hydrogen-bond donors (Lipinski definition) is 1. The number of benzene rings is 2. The van der Waals surface area contributed by atoms with Crippen LogP contribution in [0.2, 0.25) is 0 Å². The van der Waals surface area contributed by atoms with Crippen LogP contribution in [0.1, 0.15) is 35.4 Å². The number of methoxy groups -OCH3 is 1. The lowest BCUT2D eigenvalue weighted by molar-refractivity contribution is -0.140. The molecule has 1 amide bonds. The van der Waals surface area contributed by atoms with Crippen molar-refractivity contribution in [3.63, 3.8) is 0 Å². The number of hydrogen-bond acceptors (Lipinski definition) is 5. The van der Waals surface area contributed by atoms with Crippen LogP contribution in [0.3, 0.4) is 0 Å². The summed E-state index contributed by atoms with van der Waals surface area (Å²) in [6.07, 6.45) is 2.40.